The Morgan fingerprint density at radius 1 is 1.31 bits per heavy atom. The normalized spacial score (nSPS) is 29.4. The van der Waals surface area contributed by atoms with Gasteiger partial charge in [0.1, 0.15) is 0 Å². The second-order valence-corrected chi connectivity index (χ2v) is 4.90. The SMILES string of the molecule is O=C(NC1CC1)N1CCC2(CC2)C1. The lowest BCUT2D eigenvalue weighted by atomic mass is 10.1. The van der Waals surface area contributed by atoms with Crippen molar-refractivity contribution in [2.24, 2.45) is 5.41 Å². The van der Waals surface area contributed by atoms with Gasteiger partial charge in [-0.1, -0.05) is 0 Å². The van der Waals surface area contributed by atoms with Crippen molar-refractivity contribution in [1.82, 2.24) is 10.2 Å². The van der Waals surface area contributed by atoms with Gasteiger partial charge >= 0.3 is 6.03 Å². The number of amides is 2. The summed E-state index contributed by atoms with van der Waals surface area (Å²) in [5.74, 6) is 0. The molecular formula is C10H16N2O. The van der Waals surface area contributed by atoms with Gasteiger partial charge in [-0.15, -0.1) is 0 Å². The van der Waals surface area contributed by atoms with Gasteiger partial charge < -0.3 is 10.2 Å². The highest BCUT2D eigenvalue weighted by molar-refractivity contribution is 5.75. The Morgan fingerprint density at radius 3 is 2.62 bits per heavy atom. The third kappa shape index (κ3) is 1.40. The summed E-state index contributed by atoms with van der Waals surface area (Å²) < 4.78 is 0. The summed E-state index contributed by atoms with van der Waals surface area (Å²) in [5, 5.41) is 3.05. The Hall–Kier alpha value is -0.730. The molecule has 1 N–H and O–H groups in total. The van der Waals surface area contributed by atoms with Crippen molar-refractivity contribution >= 4 is 6.03 Å². The van der Waals surface area contributed by atoms with Crippen molar-refractivity contribution in [2.45, 2.75) is 38.1 Å². The second kappa shape index (κ2) is 2.40. The molecule has 0 bridgehead atoms. The number of carbonyl (C=O) groups excluding carboxylic acids is 1. The maximum atomic E-state index is 11.6. The van der Waals surface area contributed by atoms with Crippen LogP contribution in [-0.2, 0) is 0 Å². The highest BCUT2D eigenvalue weighted by Gasteiger charge is 2.49. The quantitative estimate of drug-likeness (QED) is 0.649. The second-order valence-electron chi connectivity index (χ2n) is 4.90. The third-order valence-corrected chi connectivity index (χ3v) is 3.59. The Kier molecular flexibility index (Phi) is 1.41. The first-order valence-corrected chi connectivity index (χ1v) is 5.33. The predicted molar refractivity (Wildman–Crippen MR) is 49.4 cm³/mol. The van der Waals surface area contributed by atoms with E-state index in [0.29, 0.717) is 11.5 Å². The largest absolute Gasteiger partial charge is 0.335 e. The molecule has 1 saturated heterocycles. The summed E-state index contributed by atoms with van der Waals surface area (Å²) >= 11 is 0. The molecule has 3 heteroatoms. The maximum Gasteiger partial charge on any atom is 0.317 e. The average Bonchev–Trinajstić information content (AvgIpc) is 2.94. The number of hydrogen-bond acceptors (Lipinski definition) is 1. The molecule has 72 valence electrons. The molecule has 2 amide bonds. The Labute approximate surface area is 78.5 Å². The van der Waals surface area contributed by atoms with Gasteiger partial charge in [0, 0.05) is 19.1 Å². The van der Waals surface area contributed by atoms with E-state index < -0.39 is 0 Å². The fraction of sp³-hybridized carbons (Fsp3) is 0.900. The minimum Gasteiger partial charge on any atom is -0.335 e. The van der Waals surface area contributed by atoms with Crippen LogP contribution in [0.2, 0.25) is 0 Å². The van der Waals surface area contributed by atoms with Crippen LogP contribution in [0.3, 0.4) is 0 Å². The van der Waals surface area contributed by atoms with Crippen molar-refractivity contribution in [3.05, 3.63) is 0 Å². The van der Waals surface area contributed by atoms with Gasteiger partial charge in [-0.05, 0) is 37.5 Å². The van der Waals surface area contributed by atoms with Crippen LogP contribution < -0.4 is 5.32 Å². The summed E-state index contributed by atoms with van der Waals surface area (Å²) in [6, 6.07) is 0.689. The summed E-state index contributed by atoms with van der Waals surface area (Å²) in [6.45, 7) is 2.00. The predicted octanol–water partition coefficient (Wildman–Crippen LogP) is 1.34. The molecule has 2 aliphatic carbocycles. The third-order valence-electron chi connectivity index (χ3n) is 3.59. The van der Waals surface area contributed by atoms with E-state index in [1.54, 1.807) is 0 Å². The van der Waals surface area contributed by atoms with Gasteiger partial charge in [0.05, 0.1) is 0 Å². The molecule has 0 radical (unpaired) electrons. The van der Waals surface area contributed by atoms with E-state index in [0.717, 1.165) is 13.1 Å². The Balaban J connectivity index is 1.56. The smallest absolute Gasteiger partial charge is 0.317 e. The minimum atomic E-state index is 0.186. The number of hydrogen-bond donors (Lipinski definition) is 1. The van der Waals surface area contributed by atoms with E-state index in [-0.39, 0.29) is 6.03 Å². The van der Waals surface area contributed by atoms with Gasteiger partial charge in [-0.2, -0.15) is 0 Å². The average molecular weight is 180 g/mol. The van der Waals surface area contributed by atoms with Crippen LogP contribution in [0.15, 0.2) is 0 Å². The molecule has 2 saturated carbocycles. The standard InChI is InChI=1S/C10H16N2O/c13-9(11-8-1-2-8)12-6-5-10(7-12)3-4-10/h8H,1-7H2,(H,11,13). The van der Waals surface area contributed by atoms with Crippen molar-refractivity contribution in [3.8, 4) is 0 Å². The lowest BCUT2D eigenvalue weighted by Crippen LogP contribution is -2.39. The Bertz CT molecular complexity index is 243. The number of rotatable bonds is 1. The zero-order valence-electron chi connectivity index (χ0n) is 7.88. The number of urea groups is 1. The molecular weight excluding hydrogens is 164 g/mol. The monoisotopic (exact) mass is 180 g/mol. The van der Waals surface area contributed by atoms with E-state index in [9.17, 15) is 4.79 Å². The van der Waals surface area contributed by atoms with Crippen LogP contribution >= 0.6 is 0 Å². The molecule has 0 aromatic heterocycles. The zero-order valence-corrected chi connectivity index (χ0v) is 7.88. The summed E-state index contributed by atoms with van der Waals surface area (Å²) in [6.07, 6.45) is 6.31. The summed E-state index contributed by atoms with van der Waals surface area (Å²) in [4.78, 5) is 13.6. The summed E-state index contributed by atoms with van der Waals surface area (Å²) in [5.41, 5.74) is 0.570. The molecule has 0 aromatic rings. The van der Waals surface area contributed by atoms with Crippen molar-refractivity contribution in [2.75, 3.05) is 13.1 Å². The van der Waals surface area contributed by atoms with Crippen LogP contribution in [0, 0.1) is 5.41 Å². The van der Waals surface area contributed by atoms with E-state index in [2.05, 4.69) is 5.32 Å². The van der Waals surface area contributed by atoms with Crippen LogP contribution in [0.25, 0.3) is 0 Å². The number of carbonyl (C=O) groups is 1. The number of likely N-dealkylation sites (tertiary alicyclic amines) is 1. The fourth-order valence-corrected chi connectivity index (χ4v) is 2.19. The van der Waals surface area contributed by atoms with Crippen molar-refractivity contribution < 1.29 is 4.79 Å². The van der Waals surface area contributed by atoms with E-state index in [4.69, 9.17) is 0 Å². The number of nitrogens with zero attached hydrogens (tertiary/aromatic N) is 1. The molecule has 1 spiro atoms. The maximum absolute atomic E-state index is 11.6. The fourth-order valence-electron chi connectivity index (χ4n) is 2.19. The highest BCUT2D eigenvalue weighted by Crippen LogP contribution is 2.52. The van der Waals surface area contributed by atoms with Gasteiger partial charge in [0.2, 0.25) is 0 Å². The van der Waals surface area contributed by atoms with Crippen molar-refractivity contribution in [3.63, 3.8) is 0 Å². The van der Waals surface area contributed by atoms with Gasteiger partial charge in [0.15, 0.2) is 0 Å². The molecule has 3 aliphatic rings. The lowest BCUT2D eigenvalue weighted by molar-refractivity contribution is 0.206. The molecule has 3 fully saturated rings. The lowest BCUT2D eigenvalue weighted by Gasteiger charge is -2.16. The zero-order chi connectivity index (χ0) is 8.89. The van der Waals surface area contributed by atoms with Crippen LogP contribution in [-0.4, -0.2) is 30.1 Å². The van der Waals surface area contributed by atoms with Gasteiger partial charge in [-0.3, -0.25) is 0 Å². The topological polar surface area (TPSA) is 32.3 Å². The molecule has 3 nitrogen and oxygen atoms in total. The molecule has 3 rings (SSSR count). The summed E-state index contributed by atoms with van der Waals surface area (Å²) in [7, 11) is 0. The molecule has 1 heterocycles. The van der Waals surface area contributed by atoms with E-state index in [1.807, 2.05) is 4.90 Å². The molecule has 0 atom stereocenters. The van der Waals surface area contributed by atoms with Crippen molar-refractivity contribution in [1.29, 1.82) is 0 Å². The highest BCUT2D eigenvalue weighted by atomic mass is 16.2. The number of nitrogens with one attached hydrogen (secondary N) is 1. The van der Waals surface area contributed by atoms with Crippen LogP contribution in [0.4, 0.5) is 4.79 Å². The van der Waals surface area contributed by atoms with Crippen LogP contribution in [0.1, 0.15) is 32.1 Å². The Morgan fingerprint density at radius 2 is 2.08 bits per heavy atom. The molecule has 13 heavy (non-hydrogen) atoms. The van der Waals surface area contributed by atoms with Gasteiger partial charge in [0.25, 0.3) is 0 Å². The van der Waals surface area contributed by atoms with E-state index in [1.165, 1.54) is 32.1 Å². The minimum absolute atomic E-state index is 0.186. The first-order valence-electron chi connectivity index (χ1n) is 5.33. The van der Waals surface area contributed by atoms with E-state index >= 15 is 0 Å². The first-order chi connectivity index (χ1) is 6.27. The molecule has 0 unspecified atom stereocenters. The molecule has 0 aromatic carbocycles. The van der Waals surface area contributed by atoms with Crippen LogP contribution in [0.5, 0.6) is 0 Å². The first kappa shape index (κ1) is 7.65. The molecule has 1 aliphatic heterocycles. The van der Waals surface area contributed by atoms with Gasteiger partial charge in [-0.25, -0.2) is 4.79 Å².